The fourth-order valence-electron chi connectivity index (χ4n) is 1.81. The Balaban J connectivity index is 1.94. The highest BCUT2D eigenvalue weighted by Crippen LogP contribution is 2.18. The molecule has 0 spiro atoms. The molecule has 1 amide bonds. The van der Waals surface area contributed by atoms with Crippen LogP contribution in [0.1, 0.15) is 19.8 Å². The Hall–Kier alpha value is -1.29. The number of unbranched alkanes of at least 4 members (excludes halogenated alkanes) is 1. The summed E-state index contributed by atoms with van der Waals surface area (Å²) in [5, 5.41) is 9.81. The molecule has 2 rings (SSSR count). The second kappa shape index (κ2) is 8.37. The number of hydrogen-bond donors (Lipinski definition) is 2. The van der Waals surface area contributed by atoms with Crippen molar-refractivity contribution >= 4 is 45.9 Å². The topological polar surface area (TPSA) is 79.8 Å². The van der Waals surface area contributed by atoms with E-state index in [0.29, 0.717) is 11.7 Å². The zero-order valence-corrected chi connectivity index (χ0v) is 15.1. The number of halogens is 1. The van der Waals surface area contributed by atoms with Crippen molar-refractivity contribution in [3.05, 3.63) is 38.3 Å². The Bertz CT molecular complexity index is 698. The van der Waals surface area contributed by atoms with Crippen LogP contribution in [0.3, 0.4) is 0 Å². The van der Waals surface area contributed by atoms with Crippen molar-refractivity contribution in [3.63, 3.8) is 0 Å². The van der Waals surface area contributed by atoms with E-state index >= 15 is 0 Å². The minimum absolute atomic E-state index is 0.119. The van der Waals surface area contributed by atoms with Gasteiger partial charge in [0.1, 0.15) is 0 Å². The maximum atomic E-state index is 12.0. The molecule has 0 radical (unpaired) electrons. The van der Waals surface area contributed by atoms with E-state index in [1.54, 1.807) is 4.57 Å². The largest absolute Gasteiger partial charge is 0.343 e. The molecule has 0 aliphatic heterocycles. The van der Waals surface area contributed by atoms with Crippen LogP contribution in [0.15, 0.2) is 34.2 Å². The van der Waals surface area contributed by atoms with Crippen LogP contribution in [0.25, 0.3) is 0 Å². The van der Waals surface area contributed by atoms with Crippen LogP contribution in [0.2, 0.25) is 0 Å². The van der Waals surface area contributed by atoms with E-state index in [1.807, 2.05) is 24.3 Å². The Morgan fingerprint density at radius 1 is 1.45 bits per heavy atom. The molecule has 8 heteroatoms. The second-order valence-corrected chi connectivity index (χ2v) is 6.74. The van der Waals surface area contributed by atoms with Crippen molar-refractivity contribution in [2.45, 2.75) is 31.5 Å². The summed E-state index contributed by atoms with van der Waals surface area (Å²) >= 11 is 3.43. The Labute approximate surface area is 146 Å². The molecular formula is C14H17IN4O2S. The molecule has 0 bridgehead atoms. The van der Waals surface area contributed by atoms with Gasteiger partial charge in [0, 0.05) is 10.1 Å². The molecule has 0 saturated carbocycles. The zero-order valence-electron chi connectivity index (χ0n) is 12.1. The third-order valence-corrected chi connectivity index (χ3v) is 4.86. The number of benzene rings is 1. The van der Waals surface area contributed by atoms with Crippen LogP contribution in [0.5, 0.6) is 0 Å². The number of carbonyl (C=O) groups excluding carboxylic acids is 1. The highest BCUT2D eigenvalue weighted by atomic mass is 127. The zero-order chi connectivity index (χ0) is 15.9. The SMILES string of the molecule is CCCCn1c(SCC(=O)Nc2ccccc2I)n[nH]c1=O. The smallest absolute Gasteiger partial charge is 0.324 e. The van der Waals surface area contributed by atoms with E-state index in [9.17, 15) is 9.59 Å². The lowest BCUT2D eigenvalue weighted by molar-refractivity contribution is -0.113. The first-order valence-electron chi connectivity index (χ1n) is 6.94. The molecule has 0 fully saturated rings. The van der Waals surface area contributed by atoms with Gasteiger partial charge in [0.2, 0.25) is 5.91 Å². The minimum Gasteiger partial charge on any atom is -0.324 e. The fourth-order valence-corrected chi connectivity index (χ4v) is 3.10. The van der Waals surface area contributed by atoms with E-state index in [1.165, 1.54) is 11.8 Å². The molecule has 0 saturated heterocycles. The lowest BCUT2D eigenvalue weighted by Crippen LogP contribution is -2.19. The standard InChI is InChI=1S/C14H17IN4O2S/c1-2-3-8-19-13(21)17-18-14(19)22-9-12(20)16-11-7-5-4-6-10(11)15/h4-7H,2-3,8-9H2,1H3,(H,16,20)(H,17,21). The normalized spacial score (nSPS) is 10.6. The van der Waals surface area contributed by atoms with Crippen LogP contribution in [-0.2, 0) is 11.3 Å². The van der Waals surface area contributed by atoms with Crippen molar-refractivity contribution in [1.29, 1.82) is 0 Å². The summed E-state index contributed by atoms with van der Waals surface area (Å²) in [6.07, 6.45) is 1.90. The van der Waals surface area contributed by atoms with E-state index in [2.05, 4.69) is 45.0 Å². The van der Waals surface area contributed by atoms with Crippen LogP contribution < -0.4 is 11.0 Å². The maximum absolute atomic E-state index is 12.0. The quantitative estimate of drug-likeness (QED) is 0.521. The lowest BCUT2D eigenvalue weighted by atomic mass is 10.3. The molecule has 0 atom stereocenters. The average Bonchev–Trinajstić information content (AvgIpc) is 2.86. The molecule has 1 aromatic carbocycles. The predicted molar refractivity (Wildman–Crippen MR) is 96.3 cm³/mol. The third kappa shape index (κ3) is 4.60. The van der Waals surface area contributed by atoms with Gasteiger partial charge in [0.15, 0.2) is 5.16 Å². The second-order valence-electron chi connectivity index (χ2n) is 4.63. The first-order chi connectivity index (χ1) is 10.6. The number of H-pyrrole nitrogens is 1. The van der Waals surface area contributed by atoms with Gasteiger partial charge in [-0.3, -0.25) is 9.36 Å². The van der Waals surface area contributed by atoms with E-state index < -0.39 is 0 Å². The average molecular weight is 432 g/mol. The molecule has 1 aromatic heterocycles. The molecule has 22 heavy (non-hydrogen) atoms. The number of para-hydroxylation sites is 1. The van der Waals surface area contributed by atoms with Gasteiger partial charge in [-0.1, -0.05) is 37.2 Å². The van der Waals surface area contributed by atoms with Gasteiger partial charge < -0.3 is 5.32 Å². The van der Waals surface area contributed by atoms with E-state index in [4.69, 9.17) is 0 Å². The molecule has 0 aliphatic carbocycles. The number of amides is 1. The molecule has 1 heterocycles. The van der Waals surface area contributed by atoms with Gasteiger partial charge in [0.25, 0.3) is 0 Å². The summed E-state index contributed by atoms with van der Waals surface area (Å²) in [6, 6.07) is 7.58. The highest BCUT2D eigenvalue weighted by Gasteiger charge is 2.11. The number of anilines is 1. The summed E-state index contributed by atoms with van der Waals surface area (Å²) in [6.45, 7) is 2.68. The number of nitrogens with one attached hydrogen (secondary N) is 2. The van der Waals surface area contributed by atoms with E-state index in [0.717, 1.165) is 22.1 Å². The minimum atomic E-state index is -0.228. The van der Waals surface area contributed by atoms with Gasteiger partial charge in [-0.15, -0.1) is 5.10 Å². The van der Waals surface area contributed by atoms with Crippen LogP contribution in [0, 0.1) is 3.57 Å². The Kier molecular flexibility index (Phi) is 6.49. The van der Waals surface area contributed by atoms with Crippen molar-refractivity contribution in [2.24, 2.45) is 0 Å². The third-order valence-electron chi connectivity index (χ3n) is 2.94. The summed E-state index contributed by atoms with van der Waals surface area (Å²) in [7, 11) is 0. The number of carbonyl (C=O) groups is 1. The molecule has 2 aromatic rings. The van der Waals surface area contributed by atoms with Crippen molar-refractivity contribution in [2.75, 3.05) is 11.1 Å². The molecular weight excluding hydrogens is 415 g/mol. The number of aromatic amines is 1. The van der Waals surface area contributed by atoms with Gasteiger partial charge in [0.05, 0.1) is 11.4 Å². The summed E-state index contributed by atoms with van der Waals surface area (Å²) in [5.74, 6) is 0.0908. The van der Waals surface area contributed by atoms with Crippen LogP contribution in [-0.4, -0.2) is 26.4 Å². The number of nitrogens with zero attached hydrogens (tertiary/aromatic N) is 2. The molecule has 0 unspecified atom stereocenters. The van der Waals surface area contributed by atoms with Crippen molar-refractivity contribution < 1.29 is 4.79 Å². The lowest BCUT2D eigenvalue weighted by Gasteiger charge is -2.07. The highest BCUT2D eigenvalue weighted by molar-refractivity contribution is 14.1. The number of rotatable bonds is 7. The molecule has 118 valence electrons. The van der Waals surface area contributed by atoms with E-state index in [-0.39, 0.29) is 17.3 Å². The first-order valence-corrected chi connectivity index (χ1v) is 9.00. The van der Waals surface area contributed by atoms with Gasteiger partial charge in [-0.05, 0) is 41.1 Å². The fraction of sp³-hybridized carbons (Fsp3) is 0.357. The number of aromatic nitrogens is 3. The predicted octanol–water partition coefficient (Wildman–Crippen LogP) is 2.71. The van der Waals surface area contributed by atoms with Crippen molar-refractivity contribution in [3.8, 4) is 0 Å². The summed E-state index contributed by atoms with van der Waals surface area (Å²) < 4.78 is 2.56. The molecule has 2 N–H and O–H groups in total. The van der Waals surface area contributed by atoms with Crippen LogP contribution in [0.4, 0.5) is 5.69 Å². The maximum Gasteiger partial charge on any atom is 0.343 e. The van der Waals surface area contributed by atoms with Gasteiger partial charge in [-0.25, -0.2) is 9.89 Å². The number of thioether (sulfide) groups is 1. The molecule has 0 aliphatic rings. The van der Waals surface area contributed by atoms with Gasteiger partial charge in [-0.2, -0.15) is 0 Å². The Morgan fingerprint density at radius 2 is 2.23 bits per heavy atom. The van der Waals surface area contributed by atoms with Crippen molar-refractivity contribution in [1.82, 2.24) is 14.8 Å². The van der Waals surface area contributed by atoms with Crippen LogP contribution >= 0.6 is 34.4 Å². The monoisotopic (exact) mass is 432 g/mol. The molecule has 6 nitrogen and oxygen atoms in total. The number of hydrogen-bond acceptors (Lipinski definition) is 4. The summed E-state index contributed by atoms with van der Waals surface area (Å²) in [4.78, 5) is 23.7. The van der Waals surface area contributed by atoms with Gasteiger partial charge >= 0.3 is 5.69 Å². The first kappa shape index (κ1) is 17.1. The summed E-state index contributed by atoms with van der Waals surface area (Å²) in [5.41, 5.74) is 0.563. The Morgan fingerprint density at radius 3 is 2.95 bits per heavy atom.